The van der Waals surface area contributed by atoms with Gasteiger partial charge in [0.1, 0.15) is 0 Å². The number of hydrogen-bond acceptors (Lipinski definition) is 4. The number of amides is 1. The molecule has 0 aromatic heterocycles. The molecule has 0 aliphatic carbocycles. The number of primary amides is 1. The van der Waals surface area contributed by atoms with Gasteiger partial charge in [-0.3, -0.25) is 9.69 Å². The van der Waals surface area contributed by atoms with Crippen LogP contribution >= 0.6 is 0 Å². The summed E-state index contributed by atoms with van der Waals surface area (Å²) < 4.78 is 22.0. The average Bonchev–Trinajstić information content (AvgIpc) is 2.25. The molecular formula is C11H20N2O3S. The number of nitrogens with two attached hydrogens (primary N) is 1. The first-order valence-corrected chi connectivity index (χ1v) is 7.66. The van der Waals surface area contributed by atoms with Crippen LogP contribution in [0, 0.1) is 5.92 Å². The van der Waals surface area contributed by atoms with Crippen molar-refractivity contribution in [2.45, 2.75) is 25.8 Å². The van der Waals surface area contributed by atoms with Gasteiger partial charge in [0.05, 0.1) is 0 Å². The smallest absolute Gasteiger partial charge is 0.220 e. The first-order chi connectivity index (χ1) is 7.79. The number of sulfone groups is 1. The molecule has 0 aromatic carbocycles. The molecule has 6 heteroatoms. The number of carbonyl (C=O) groups excluding carboxylic acids is 1. The van der Waals surface area contributed by atoms with Crippen molar-refractivity contribution in [3.05, 3.63) is 11.5 Å². The zero-order chi connectivity index (χ0) is 13.1. The van der Waals surface area contributed by atoms with Crippen LogP contribution in [0.4, 0.5) is 0 Å². The molecule has 1 aliphatic heterocycles. The normalized spacial score (nSPS) is 21.8. The standard InChI is InChI=1S/C11H20N2O3S/c1-9(5-8-17(2,15)16)13-6-3-10(4-7-13)11(12)14/h5,8-10H,3-4,6-7H2,1-2H3,(H2,12,14)/b8-5-/t9-/m0/s1. The highest BCUT2D eigenvalue weighted by Crippen LogP contribution is 2.18. The summed E-state index contributed by atoms with van der Waals surface area (Å²) in [6.45, 7) is 3.51. The Labute approximate surface area is 103 Å². The number of nitrogens with zero attached hydrogens (tertiary/aromatic N) is 1. The first-order valence-electron chi connectivity index (χ1n) is 5.71. The fraction of sp³-hybridized carbons (Fsp3) is 0.727. The van der Waals surface area contributed by atoms with Crippen LogP contribution in [0.15, 0.2) is 11.5 Å². The maximum absolute atomic E-state index is 11.0. The van der Waals surface area contributed by atoms with E-state index in [9.17, 15) is 13.2 Å². The Hall–Kier alpha value is -0.880. The molecule has 1 heterocycles. The largest absolute Gasteiger partial charge is 0.369 e. The molecule has 5 nitrogen and oxygen atoms in total. The van der Waals surface area contributed by atoms with Crippen molar-refractivity contribution >= 4 is 15.7 Å². The van der Waals surface area contributed by atoms with Crippen LogP contribution < -0.4 is 5.73 Å². The zero-order valence-electron chi connectivity index (χ0n) is 10.3. The number of carbonyl (C=O) groups is 1. The van der Waals surface area contributed by atoms with Gasteiger partial charge in [0, 0.05) is 23.6 Å². The molecule has 2 N–H and O–H groups in total. The molecule has 98 valence electrons. The van der Waals surface area contributed by atoms with Crippen LogP contribution in [-0.2, 0) is 14.6 Å². The lowest BCUT2D eigenvalue weighted by atomic mass is 9.95. The van der Waals surface area contributed by atoms with E-state index in [-0.39, 0.29) is 17.9 Å². The van der Waals surface area contributed by atoms with Crippen molar-refractivity contribution in [1.82, 2.24) is 4.90 Å². The number of piperidine rings is 1. The lowest BCUT2D eigenvalue weighted by Gasteiger charge is -2.33. The van der Waals surface area contributed by atoms with Crippen molar-refractivity contribution in [2.24, 2.45) is 11.7 Å². The summed E-state index contributed by atoms with van der Waals surface area (Å²) in [5.41, 5.74) is 5.25. The van der Waals surface area contributed by atoms with Gasteiger partial charge < -0.3 is 5.73 Å². The number of rotatable bonds is 4. The van der Waals surface area contributed by atoms with Crippen LogP contribution in [0.2, 0.25) is 0 Å². The van der Waals surface area contributed by atoms with Gasteiger partial charge >= 0.3 is 0 Å². The van der Waals surface area contributed by atoms with E-state index in [0.717, 1.165) is 25.9 Å². The topological polar surface area (TPSA) is 80.5 Å². The summed E-state index contributed by atoms with van der Waals surface area (Å²) in [5, 5.41) is 1.23. The zero-order valence-corrected chi connectivity index (χ0v) is 11.1. The molecule has 0 spiro atoms. The first kappa shape index (κ1) is 14.2. The van der Waals surface area contributed by atoms with Crippen LogP contribution in [0.1, 0.15) is 19.8 Å². The number of hydrogen-bond donors (Lipinski definition) is 1. The van der Waals surface area contributed by atoms with Crippen LogP contribution in [0.3, 0.4) is 0 Å². The minimum Gasteiger partial charge on any atom is -0.369 e. The van der Waals surface area contributed by atoms with Crippen molar-refractivity contribution in [2.75, 3.05) is 19.3 Å². The number of likely N-dealkylation sites (tertiary alicyclic amines) is 1. The Bertz CT molecular complexity index is 395. The van der Waals surface area contributed by atoms with E-state index in [1.807, 2.05) is 6.92 Å². The van der Waals surface area contributed by atoms with Gasteiger partial charge in [0.2, 0.25) is 5.91 Å². The Balaban J connectivity index is 2.49. The Morgan fingerprint density at radius 2 is 1.94 bits per heavy atom. The summed E-state index contributed by atoms with van der Waals surface area (Å²) in [6.07, 6.45) is 4.37. The van der Waals surface area contributed by atoms with Crippen LogP contribution in [-0.4, -0.2) is 44.6 Å². The van der Waals surface area contributed by atoms with Crippen LogP contribution in [0.25, 0.3) is 0 Å². The van der Waals surface area contributed by atoms with E-state index in [1.165, 1.54) is 11.7 Å². The SMILES string of the molecule is C[C@@H](/C=C\S(C)(=O)=O)N1CCC(C(N)=O)CC1. The summed E-state index contributed by atoms with van der Waals surface area (Å²) in [4.78, 5) is 13.2. The fourth-order valence-corrected chi connectivity index (χ4v) is 2.48. The molecule has 0 radical (unpaired) electrons. The highest BCUT2D eigenvalue weighted by atomic mass is 32.2. The van der Waals surface area contributed by atoms with Gasteiger partial charge in [-0.1, -0.05) is 6.08 Å². The highest BCUT2D eigenvalue weighted by molar-refractivity contribution is 7.93. The van der Waals surface area contributed by atoms with E-state index >= 15 is 0 Å². The quantitative estimate of drug-likeness (QED) is 0.779. The van der Waals surface area contributed by atoms with Crippen molar-refractivity contribution in [1.29, 1.82) is 0 Å². The van der Waals surface area contributed by atoms with Gasteiger partial charge in [-0.05, 0) is 32.9 Å². The maximum Gasteiger partial charge on any atom is 0.220 e. The second-order valence-corrected chi connectivity index (χ2v) is 6.54. The summed E-state index contributed by atoms with van der Waals surface area (Å²) in [5.74, 6) is -0.263. The molecule has 1 saturated heterocycles. The maximum atomic E-state index is 11.0. The predicted octanol–water partition coefficient (Wildman–Crippen LogP) is 0.131. The monoisotopic (exact) mass is 260 g/mol. The van der Waals surface area contributed by atoms with Crippen molar-refractivity contribution < 1.29 is 13.2 Å². The summed E-state index contributed by atoms with van der Waals surface area (Å²) in [6, 6.07) is 0.0681. The predicted molar refractivity (Wildman–Crippen MR) is 66.9 cm³/mol. The molecule has 0 bridgehead atoms. The third kappa shape index (κ3) is 4.87. The third-order valence-corrected chi connectivity index (χ3v) is 3.76. The highest BCUT2D eigenvalue weighted by Gasteiger charge is 2.24. The molecule has 0 unspecified atom stereocenters. The molecule has 1 aliphatic rings. The van der Waals surface area contributed by atoms with Gasteiger partial charge in [-0.2, -0.15) is 0 Å². The van der Waals surface area contributed by atoms with Crippen molar-refractivity contribution in [3.8, 4) is 0 Å². The molecule has 0 saturated carbocycles. The minimum atomic E-state index is -3.06. The van der Waals surface area contributed by atoms with E-state index in [2.05, 4.69) is 4.90 Å². The van der Waals surface area contributed by atoms with Gasteiger partial charge in [-0.15, -0.1) is 0 Å². The molecule has 1 amide bonds. The third-order valence-electron chi connectivity index (χ3n) is 3.11. The fourth-order valence-electron chi connectivity index (χ4n) is 1.97. The van der Waals surface area contributed by atoms with Crippen LogP contribution in [0.5, 0.6) is 0 Å². The Morgan fingerprint density at radius 1 is 1.41 bits per heavy atom. The van der Waals surface area contributed by atoms with E-state index in [1.54, 1.807) is 6.08 Å². The summed E-state index contributed by atoms with van der Waals surface area (Å²) >= 11 is 0. The van der Waals surface area contributed by atoms with Crippen molar-refractivity contribution in [3.63, 3.8) is 0 Å². The molecule has 1 fully saturated rings. The molecular weight excluding hydrogens is 240 g/mol. The second kappa shape index (κ2) is 5.64. The van der Waals surface area contributed by atoms with E-state index < -0.39 is 9.84 Å². The molecule has 1 atom stereocenters. The van der Waals surface area contributed by atoms with Gasteiger partial charge in [-0.25, -0.2) is 8.42 Å². The lowest BCUT2D eigenvalue weighted by Crippen LogP contribution is -2.42. The lowest BCUT2D eigenvalue weighted by molar-refractivity contribution is -0.123. The Morgan fingerprint density at radius 3 is 2.35 bits per heavy atom. The second-order valence-electron chi connectivity index (χ2n) is 4.61. The van der Waals surface area contributed by atoms with E-state index in [0.29, 0.717) is 0 Å². The van der Waals surface area contributed by atoms with Gasteiger partial charge in [0.15, 0.2) is 9.84 Å². The Kier molecular flexibility index (Phi) is 4.70. The molecule has 0 aromatic rings. The summed E-state index contributed by atoms with van der Waals surface area (Å²) in [7, 11) is -3.06. The molecule has 17 heavy (non-hydrogen) atoms. The molecule has 1 rings (SSSR count). The average molecular weight is 260 g/mol. The van der Waals surface area contributed by atoms with E-state index in [4.69, 9.17) is 5.73 Å². The minimum absolute atomic E-state index is 0.0302. The van der Waals surface area contributed by atoms with Gasteiger partial charge in [0.25, 0.3) is 0 Å².